The molecule has 0 bridgehead atoms. The lowest BCUT2D eigenvalue weighted by Gasteiger charge is -2.07. The van der Waals surface area contributed by atoms with Crippen LogP contribution in [-0.2, 0) is 11.2 Å². The van der Waals surface area contributed by atoms with E-state index < -0.39 is 6.09 Å². The number of carboxylic acid groups (broad SMARTS) is 1. The van der Waals surface area contributed by atoms with Gasteiger partial charge in [-0.25, -0.2) is 0 Å². The third-order valence-corrected chi connectivity index (χ3v) is 1.99. The van der Waals surface area contributed by atoms with Gasteiger partial charge in [-0.3, -0.25) is 4.98 Å². The van der Waals surface area contributed by atoms with Gasteiger partial charge >= 0.3 is 0 Å². The summed E-state index contributed by atoms with van der Waals surface area (Å²) >= 11 is 0. The van der Waals surface area contributed by atoms with E-state index in [0.717, 1.165) is 12.8 Å². The molecule has 0 radical (unpaired) electrons. The Hall–Kier alpha value is -1.62. The van der Waals surface area contributed by atoms with Crippen LogP contribution < -0.4 is 10.4 Å². The van der Waals surface area contributed by atoms with Crippen LogP contribution in [0.15, 0.2) is 24.5 Å². The number of carbonyl (C=O) groups is 1. The van der Waals surface area contributed by atoms with Crippen molar-refractivity contribution in [3.8, 4) is 0 Å². The summed E-state index contributed by atoms with van der Waals surface area (Å²) in [5, 5.41) is 12.1. The Morgan fingerprint density at radius 2 is 2.38 bits per heavy atom. The molecule has 0 aliphatic heterocycles. The zero-order valence-electron chi connectivity index (χ0n) is 9.02. The number of aryl methyl sites for hydroxylation is 1. The maximum atomic E-state index is 9.99. The lowest BCUT2D eigenvalue weighted by molar-refractivity contribution is -0.250. The van der Waals surface area contributed by atoms with Crippen LogP contribution >= 0.6 is 0 Å². The summed E-state index contributed by atoms with van der Waals surface area (Å²) in [6, 6.07) is 3.92. The normalized spacial score (nSPS) is 10.0. The molecule has 0 spiro atoms. The number of ether oxygens (including phenoxy) is 1. The molecular weight excluding hydrogens is 208 g/mol. The molecule has 1 heterocycles. The molecule has 0 atom stereocenters. The molecule has 0 aliphatic rings. The Kier molecular flexibility index (Phi) is 5.95. The van der Waals surface area contributed by atoms with E-state index in [-0.39, 0.29) is 6.54 Å². The highest BCUT2D eigenvalue weighted by molar-refractivity contribution is 5.61. The van der Waals surface area contributed by atoms with E-state index >= 15 is 0 Å². The number of nitrogens with one attached hydrogen (secondary N) is 1. The standard InChI is InChI=1S/C11H16N2O3/c14-11(15)13-6-8-16-7-2-4-10-3-1-5-12-9-10/h1,3,5,9,13H,2,4,6-8H2,(H,14,15)/p-1. The van der Waals surface area contributed by atoms with Crippen molar-refractivity contribution in [2.75, 3.05) is 19.8 Å². The molecule has 5 nitrogen and oxygen atoms in total. The van der Waals surface area contributed by atoms with Crippen molar-refractivity contribution in [3.05, 3.63) is 30.1 Å². The van der Waals surface area contributed by atoms with Crippen LogP contribution in [0.25, 0.3) is 0 Å². The number of amides is 1. The highest BCUT2D eigenvalue weighted by Crippen LogP contribution is 1.99. The predicted octanol–water partition coefficient (Wildman–Crippen LogP) is -0.0363. The number of nitrogens with zero attached hydrogens (tertiary/aromatic N) is 1. The van der Waals surface area contributed by atoms with Gasteiger partial charge in [0.1, 0.15) is 6.09 Å². The molecule has 88 valence electrons. The van der Waals surface area contributed by atoms with Gasteiger partial charge in [0.05, 0.1) is 6.61 Å². The first-order valence-electron chi connectivity index (χ1n) is 5.20. The second-order valence-corrected chi connectivity index (χ2v) is 3.29. The van der Waals surface area contributed by atoms with Crippen molar-refractivity contribution in [3.63, 3.8) is 0 Å². The van der Waals surface area contributed by atoms with Gasteiger partial charge in [0.25, 0.3) is 0 Å². The largest absolute Gasteiger partial charge is 0.530 e. The number of pyridine rings is 1. The van der Waals surface area contributed by atoms with E-state index in [1.54, 1.807) is 6.20 Å². The van der Waals surface area contributed by atoms with E-state index in [2.05, 4.69) is 10.3 Å². The van der Waals surface area contributed by atoms with Gasteiger partial charge in [-0.05, 0) is 24.5 Å². The Balaban J connectivity index is 1.94. The van der Waals surface area contributed by atoms with Gasteiger partial charge in [0.2, 0.25) is 0 Å². The summed E-state index contributed by atoms with van der Waals surface area (Å²) < 4.78 is 5.23. The lowest BCUT2D eigenvalue weighted by Crippen LogP contribution is -2.38. The smallest absolute Gasteiger partial charge is 0.134 e. The molecule has 1 aromatic rings. The van der Waals surface area contributed by atoms with Gasteiger partial charge in [-0.2, -0.15) is 0 Å². The van der Waals surface area contributed by atoms with E-state index in [4.69, 9.17) is 4.74 Å². The molecule has 0 aromatic carbocycles. The summed E-state index contributed by atoms with van der Waals surface area (Å²) in [5.74, 6) is 0. The number of aromatic nitrogens is 1. The maximum absolute atomic E-state index is 9.99. The Labute approximate surface area is 94.5 Å². The van der Waals surface area contributed by atoms with Crippen molar-refractivity contribution in [2.45, 2.75) is 12.8 Å². The molecule has 5 heteroatoms. The Bertz CT molecular complexity index is 303. The van der Waals surface area contributed by atoms with Crippen LogP contribution in [0.5, 0.6) is 0 Å². The Morgan fingerprint density at radius 3 is 3.06 bits per heavy atom. The third-order valence-electron chi connectivity index (χ3n) is 1.99. The van der Waals surface area contributed by atoms with Crippen molar-refractivity contribution in [2.24, 2.45) is 0 Å². The van der Waals surface area contributed by atoms with Gasteiger partial charge in [0.15, 0.2) is 0 Å². The second-order valence-electron chi connectivity index (χ2n) is 3.29. The molecule has 0 aliphatic carbocycles. The first kappa shape index (κ1) is 12.4. The SMILES string of the molecule is O=C([O-])NCCOCCCc1cccnc1. The van der Waals surface area contributed by atoms with E-state index in [9.17, 15) is 9.90 Å². The summed E-state index contributed by atoms with van der Waals surface area (Å²) in [4.78, 5) is 14.0. The summed E-state index contributed by atoms with van der Waals surface area (Å²) in [5.41, 5.74) is 1.18. The van der Waals surface area contributed by atoms with Crippen molar-refractivity contribution < 1.29 is 14.6 Å². The van der Waals surface area contributed by atoms with E-state index in [1.165, 1.54) is 5.56 Å². The van der Waals surface area contributed by atoms with Gasteiger partial charge < -0.3 is 20.0 Å². The predicted molar refractivity (Wildman–Crippen MR) is 56.8 cm³/mol. The first-order valence-corrected chi connectivity index (χ1v) is 5.20. The highest BCUT2D eigenvalue weighted by Gasteiger charge is 1.93. The Morgan fingerprint density at radius 1 is 1.50 bits per heavy atom. The maximum Gasteiger partial charge on any atom is 0.134 e. The number of hydrogen-bond donors (Lipinski definition) is 1. The minimum atomic E-state index is -1.26. The molecule has 1 rings (SSSR count). The number of carbonyl (C=O) groups excluding carboxylic acids is 1. The van der Waals surface area contributed by atoms with E-state index in [0.29, 0.717) is 13.2 Å². The lowest BCUT2D eigenvalue weighted by atomic mass is 10.2. The molecule has 1 amide bonds. The first-order chi connectivity index (χ1) is 7.79. The molecule has 0 saturated heterocycles. The minimum absolute atomic E-state index is 0.273. The van der Waals surface area contributed by atoms with Gasteiger partial charge in [-0.15, -0.1) is 0 Å². The summed E-state index contributed by atoms with van der Waals surface area (Å²) in [7, 11) is 0. The molecule has 1 aromatic heterocycles. The van der Waals surface area contributed by atoms with Crippen LogP contribution in [0, 0.1) is 0 Å². The van der Waals surface area contributed by atoms with Crippen LogP contribution in [0.1, 0.15) is 12.0 Å². The molecule has 0 saturated carbocycles. The van der Waals surface area contributed by atoms with Crippen molar-refractivity contribution in [1.82, 2.24) is 10.3 Å². The second kappa shape index (κ2) is 7.64. The summed E-state index contributed by atoms with van der Waals surface area (Å²) in [6.07, 6.45) is 4.13. The number of rotatable bonds is 7. The number of hydrogen-bond acceptors (Lipinski definition) is 4. The monoisotopic (exact) mass is 223 g/mol. The zero-order valence-corrected chi connectivity index (χ0v) is 9.02. The fraction of sp³-hybridized carbons (Fsp3) is 0.455. The van der Waals surface area contributed by atoms with Crippen LogP contribution in [0.4, 0.5) is 4.79 Å². The van der Waals surface area contributed by atoms with Crippen LogP contribution in [-0.4, -0.2) is 30.8 Å². The van der Waals surface area contributed by atoms with Gasteiger partial charge in [0, 0.05) is 25.5 Å². The molecule has 0 unspecified atom stereocenters. The fourth-order valence-corrected chi connectivity index (χ4v) is 1.25. The minimum Gasteiger partial charge on any atom is -0.530 e. The van der Waals surface area contributed by atoms with E-state index in [1.807, 2.05) is 18.3 Å². The third kappa shape index (κ3) is 5.98. The highest BCUT2D eigenvalue weighted by atomic mass is 16.5. The van der Waals surface area contributed by atoms with Crippen LogP contribution in [0.2, 0.25) is 0 Å². The quantitative estimate of drug-likeness (QED) is 0.658. The average Bonchev–Trinajstić information content (AvgIpc) is 2.29. The molecule has 0 fully saturated rings. The topological polar surface area (TPSA) is 74.3 Å². The summed E-state index contributed by atoms with van der Waals surface area (Å²) in [6.45, 7) is 1.26. The zero-order chi connectivity index (χ0) is 11.6. The van der Waals surface area contributed by atoms with Gasteiger partial charge in [-0.1, -0.05) is 6.07 Å². The molecular formula is C11H15N2O3-. The van der Waals surface area contributed by atoms with Crippen LogP contribution in [0.3, 0.4) is 0 Å². The van der Waals surface area contributed by atoms with Crippen molar-refractivity contribution >= 4 is 6.09 Å². The van der Waals surface area contributed by atoms with Crippen molar-refractivity contribution in [1.29, 1.82) is 0 Å². The average molecular weight is 223 g/mol. The molecule has 16 heavy (non-hydrogen) atoms. The fourth-order valence-electron chi connectivity index (χ4n) is 1.25. The molecule has 1 N–H and O–H groups in total.